The maximum absolute atomic E-state index is 11.7. The number of hydrogen-bond donors (Lipinski definition) is 0. The fourth-order valence-corrected chi connectivity index (χ4v) is 3.36. The highest BCUT2D eigenvalue weighted by Gasteiger charge is 2.51. The van der Waals surface area contributed by atoms with Gasteiger partial charge in [-0.25, -0.2) is 0 Å². The number of carbonyl (C=O) groups is 3. The van der Waals surface area contributed by atoms with Crippen molar-refractivity contribution in [1.82, 2.24) is 0 Å². The van der Waals surface area contributed by atoms with Crippen LogP contribution in [0.4, 0.5) is 0 Å². The molecular formula is C18H21N3O8S. The second-order valence-electron chi connectivity index (χ2n) is 6.18. The molecule has 1 heterocycles. The molecule has 1 saturated heterocycles. The van der Waals surface area contributed by atoms with Crippen LogP contribution in [0.3, 0.4) is 0 Å². The van der Waals surface area contributed by atoms with Crippen molar-refractivity contribution in [2.75, 3.05) is 6.61 Å². The lowest BCUT2D eigenvalue weighted by Gasteiger charge is -2.42. The van der Waals surface area contributed by atoms with Crippen LogP contribution >= 0.6 is 12.0 Å². The molecule has 11 nitrogen and oxygen atoms in total. The largest absolute Gasteiger partial charge is 0.463 e. The molecule has 2 rings (SSSR count). The van der Waals surface area contributed by atoms with Gasteiger partial charge in [-0.1, -0.05) is 23.3 Å². The molecule has 5 atom stereocenters. The van der Waals surface area contributed by atoms with Gasteiger partial charge in [0.05, 0.1) is 0 Å². The molecule has 30 heavy (non-hydrogen) atoms. The zero-order valence-electron chi connectivity index (χ0n) is 16.5. The highest BCUT2D eigenvalue weighted by atomic mass is 32.2. The Morgan fingerprint density at radius 1 is 1.07 bits per heavy atom. The van der Waals surface area contributed by atoms with Crippen molar-refractivity contribution in [3.63, 3.8) is 0 Å². The van der Waals surface area contributed by atoms with Crippen LogP contribution in [0.2, 0.25) is 0 Å². The van der Waals surface area contributed by atoms with Gasteiger partial charge in [0.1, 0.15) is 18.8 Å². The number of rotatable bonds is 8. The molecule has 0 radical (unpaired) electrons. The molecule has 12 heteroatoms. The molecule has 162 valence electrons. The summed E-state index contributed by atoms with van der Waals surface area (Å²) in [5.74, 6) is -1.97. The third-order valence-corrected chi connectivity index (χ3v) is 4.59. The van der Waals surface area contributed by atoms with Gasteiger partial charge in [-0.2, -0.15) is 0 Å². The van der Waals surface area contributed by atoms with E-state index in [0.717, 1.165) is 30.8 Å². The first-order valence-electron chi connectivity index (χ1n) is 8.87. The summed E-state index contributed by atoms with van der Waals surface area (Å²) in [5.41, 5.74) is 9.01. The van der Waals surface area contributed by atoms with Crippen molar-refractivity contribution in [1.29, 1.82) is 0 Å². The van der Waals surface area contributed by atoms with Crippen molar-refractivity contribution in [3.05, 3.63) is 40.8 Å². The maximum atomic E-state index is 11.7. The first-order chi connectivity index (χ1) is 14.3. The first-order valence-corrected chi connectivity index (χ1v) is 9.61. The van der Waals surface area contributed by atoms with Gasteiger partial charge in [0.15, 0.2) is 18.5 Å². The quantitative estimate of drug-likeness (QED) is 0.149. The number of azide groups is 1. The normalized spacial score (nSPS) is 25.5. The Balaban J connectivity index is 2.33. The van der Waals surface area contributed by atoms with E-state index in [1.54, 1.807) is 24.3 Å². The fourth-order valence-electron chi connectivity index (χ4n) is 2.73. The van der Waals surface area contributed by atoms with E-state index in [0.29, 0.717) is 0 Å². The minimum Gasteiger partial charge on any atom is -0.463 e. The zero-order valence-corrected chi connectivity index (χ0v) is 17.3. The van der Waals surface area contributed by atoms with Crippen LogP contribution in [-0.2, 0) is 37.5 Å². The average Bonchev–Trinajstić information content (AvgIpc) is 2.68. The standard InChI is InChI=1S/C18H21N3O8S/c1-10(22)25-9-14-16(26-11(2)23)17(27-12(3)24)15(20-21-19)18(28-14)29-30-13-7-5-4-6-8-13/h4-8,14-18H,9H2,1-3H3/t14-,15-,16+,17-,18?/m1/s1. The number of nitrogens with zero attached hydrogens (tertiary/aromatic N) is 3. The predicted molar refractivity (Wildman–Crippen MR) is 103 cm³/mol. The van der Waals surface area contributed by atoms with Crippen LogP contribution in [0, 0.1) is 0 Å². The van der Waals surface area contributed by atoms with Gasteiger partial charge in [-0.3, -0.25) is 18.6 Å². The molecule has 0 saturated carbocycles. The van der Waals surface area contributed by atoms with E-state index in [-0.39, 0.29) is 6.61 Å². The monoisotopic (exact) mass is 439 g/mol. The molecule has 0 aromatic heterocycles. The number of carbonyl (C=O) groups excluding carboxylic acids is 3. The summed E-state index contributed by atoms with van der Waals surface area (Å²) < 4.78 is 27.0. The van der Waals surface area contributed by atoms with Crippen LogP contribution in [-0.4, -0.2) is 55.2 Å². The summed E-state index contributed by atoms with van der Waals surface area (Å²) in [6, 6.07) is 7.85. The Morgan fingerprint density at radius 2 is 1.70 bits per heavy atom. The van der Waals surface area contributed by atoms with Gasteiger partial charge in [-0.15, -0.1) is 0 Å². The molecule has 1 unspecified atom stereocenters. The van der Waals surface area contributed by atoms with Gasteiger partial charge < -0.3 is 18.9 Å². The molecule has 1 fully saturated rings. The second kappa shape index (κ2) is 11.4. The zero-order chi connectivity index (χ0) is 22.1. The lowest BCUT2D eigenvalue weighted by molar-refractivity contribution is -0.250. The van der Waals surface area contributed by atoms with Crippen molar-refractivity contribution >= 4 is 30.0 Å². The third kappa shape index (κ3) is 6.92. The minimum absolute atomic E-state index is 0.302. The fraction of sp³-hybridized carbons (Fsp3) is 0.500. The average molecular weight is 439 g/mol. The van der Waals surface area contributed by atoms with E-state index in [4.69, 9.17) is 28.7 Å². The molecule has 1 aliphatic rings. The van der Waals surface area contributed by atoms with Crippen molar-refractivity contribution < 1.29 is 37.5 Å². The van der Waals surface area contributed by atoms with Gasteiger partial charge in [0.2, 0.25) is 0 Å². The maximum Gasteiger partial charge on any atom is 0.303 e. The molecule has 0 aliphatic carbocycles. The highest BCUT2D eigenvalue weighted by Crippen LogP contribution is 2.33. The molecule has 1 aromatic carbocycles. The van der Waals surface area contributed by atoms with Gasteiger partial charge in [-0.05, 0) is 17.7 Å². The Bertz CT molecular complexity index is 802. The van der Waals surface area contributed by atoms with E-state index >= 15 is 0 Å². The van der Waals surface area contributed by atoms with Gasteiger partial charge in [0, 0.05) is 42.6 Å². The number of esters is 3. The third-order valence-electron chi connectivity index (χ3n) is 3.84. The molecular weight excluding hydrogens is 418 g/mol. The van der Waals surface area contributed by atoms with Crippen LogP contribution < -0.4 is 0 Å². The second-order valence-corrected chi connectivity index (χ2v) is 7.01. The SMILES string of the molecule is CC(=O)OC[C@H]1OC(OSc2ccccc2)[C@H](N=[N+]=[N-])[C@@H](OC(C)=O)[C@H]1OC(C)=O. The van der Waals surface area contributed by atoms with Crippen molar-refractivity contribution in [2.24, 2.45) is 5.11 Å². The van der Waals surface area contributed by atoms with E-state index < -0.39 is 48.6 Å². The Labute approximate surface area is 176 Å². The summed E-state index contributed by atoms with van der Waals surface area (Å²) in [6.45, 7) is 3.21. The predicted octanol–water partition coefficient (Wildman–Crippen LogP) is 2.54. The van der Waals surface area contributed by atoms with Crippen LogP contribution in [0.1, 0.15) is 20.8 Å². The highest BCUT2D eigenvalue weighted by molar-refractivity contribution is 7.94. The Hall–Kier alpha value is -2.79. The van der Waals surface area contributed by atoms with Crippen LogP contribution in [0.25, 0.3) is 10.4 Å². The summed E-state index contributed by atoms with van der Waals surface area (Å²) in [6.07, 6.45) is -4.64. The van der Waals surface area contributed by atoms with E-state index in [2.05, 4.69) is 10.0 Å². The summed E-state index contributed by atoms with van der Waals surface area (Å²) in [4.78, 5) is 38.1. The number of hydrogen-bond acceptors (Lipinski definition) is 10. The molecule has 0 spiro atoms. The van der Waals surface area contributed by atoms with Crippen molar-refractivity contribution in [3.8, 4) is 0 Å². The molecule has 1 aromatic rings. The van der Waals surface area contributed by atoms with Gasteiger partial charge >= 0.3 is 17.9 Å². The van der Waals surface area contributed by atoms with Crippen molar-refractivity contribution in [2.45, 2.75) is 56.3 Å². The van der Waals surface area contributed by atoms with E-state index in [9.17, 15) is 14.4 Å². The topological polar surface area (TPSA) is 146 Å². The van der Waals surface area contributed by atoms with E-state index in [1.165, 1.54) is 6.92 Å². The molecule has 0 bridgehead atoms. The van der Waals surface area contributed by atoms with E-state index in [1.807, 2.05) is 6.07 Å². The summed E-state index contributed by atoms with van der Waals surface area (Å²) in [5, 5.41) is 3.64. The lowest BCUT2D eigenvalue weighted by Crippen LogP contribution is -2.60. The summed E-state index contributed by atoms with van der Waals surface area (Å²) in [7, 11) is 0. The van der Waals surface area contributed by atoms with Crippen LogP contribution in [0.5, 0.6) is 0 Å². The first kappa shape index (κ1) is 23.5. The number of ether oxygens (including phenoxy) is 4. The van der Waals surface area contributed by atoms with Gasteiger partial charge in [0.25, 0.3) is 0 Å². The molecule has 0 N–H and O–H groups in total. The smallest absolute Gasteiger partial charge is 0.303 e. The van der Waals surface area contributed by atoms with Crippen LogP contribution in [0.15, 0.2) is 40.3 Å². The summed E-state index contributed by atoms with van der Waals surface area (Å²) >= 11 is 0.955. The number of benzene rings is 1. The minimum atomic E-state index is -1.22. The molecule has 0 amide bonds. The lowest BCUT2D eigenvalue weighted by atomic mass is 9.97. The Morgan fingerprint density at radius 3 is 2.27 bits per heavy atom. The Kier molecular flexibility index (Phi) is 8.93. The molecule has 1 aliphatic heterocycles.